The summed E-state index contributed by atoms with van der Waals surface area (Å²) in [6.45, 7) is 6.92. The van der Waals surface area contributed by atoms with Crippen LogP contribution in [0, 0.1) is 0 Å². The fraction of sp³-hybridized carbons (Fsp3) is 0.611. The van der Waals surface area contributed by atoms with Gasteiger partial charge in [0.25, 0.3) is 0 Å². The minimum atomic E-state index is -0.279. The van der Waals surface area contributed by atoms with Gasteiger partial charge in [0.1, 0.15) is 6.04 Å². The molecule has 2 saturated heterocycles. The zero-order chi connectivity index (χ0) is 16.1. The lowest BCUT2D eigenvalue weighted by Gasteiger charge is -2.29. The van der Waals surface area contributed by atoms with E-state index in [1.54, 1.807) is 0 Å². The number of nitrogens with one attached hydrogen (secondary N) is 2. The summed E-state index contributed by atoms with van der Waals surface area (Å²) in [5.41, 5.74) is 2.17. The van der Waals surface area contributed by atoms with E-state index in [9.17, 15) is 4.79 Å². The summed E-state index contributed by atoms with van der Waals surface area (Å²) < 4.78 is 5.52. The highest BCUT2D eigenvalue weighted by Crippen LogP contribution is 2.14. The van der Waals surface area contributed by atoms with Crippen LogP contribution in [-0.2, 0) is 16.0 Å². The SMILES string of the molecule is C[C@H]1OCCN[C@@H]1C(=O)Nc1ccc(CCN2CCCC2)cc1. The largest absolute Gasteiger partial charge is 0.375 e. The predicted octanol–water partition coefficient (Wildman–Crippen LogP) is 1.64. The lowest BCUT2D eigenvalue weighted by molar-refractivity contribution is -0.123. The van der Waals surface area contributed by atoms with Crippen molar-refractivity contribution in [2.45, 2.75) is 38.3 Å². The van der Waals surface area contributed by atoms with Gasteiger partial charge in [0.05, 0.1) is 12.7 Å². The molecule has 0 aromatic heterocycles. The Bertz CT molecular complexity index is 512. The number of nitrogens with zero attached hydrogens (tertiary/aromatic N) is 1. The molecule has 0 spiro atoms. The quantitative estimate of drug-likeness (QED) is 0.867. The van der Waals surface area contributed by atoms with E-state index in [1.165, 1.54) is 31.5 Å². The van der Waals surface area contributed by atoms with Gasteiger partial charge < -0.3 is 20.3 Å². The molecule has 1 aromatic rings. The molecule has 3 rings (SSSR count). The van der Waals surface area contributed by atoms with Crippen LogP contribution in [0.4, 0.5) is 5.69 Å². The van der Waals surface area contributed by atoms with E-state index in [0.717, 1.165) is 25.2 Å². The summed E-state index contributed by atoms with van der Waals surface area (Å²) in [6.07, 6.45) is 3.65. The first kappa shape index (κ1) is 16.4. The zero-order valence-corrected chi connectivity index (χ0v) is 13.9. The van der Waals surface area contributed by atoms with Crippen LogP contribution in [-0.4, -0.2) is 55.7 Å². The number of hydrogen-bond acceptors (Lipinski definition) is 4. The van der Waals surface area contributed by atoms with Crippen LogP contribution in [0.3, 0.4) is 0 Å². The van der Waals surface area contributed by atoms with Crippen molar-refractivity contribution in [3.63, 3.8) is 0 Å². The zero-order valence-electron chi connectivity index (χ0n) is 13.9. The van der Waals surface area contributed by atoms with Gasteiger partial charge in [0.15, 0.2) is 0 Å². The van der Waals surface area contributed by atoms with Crippen molar-refractivity contribution in [1.29, 1.82) is 0 Å². The molecule has 1 aromatic carbocycles. The number of likely N-dealkylation sites (tertiary alicyclic amines) is 1. The number of hydrogen-bond donors (Lipinski definition) is 2. The van der Waals surface area contributed by atoms with Crippen molar-refractivity contribution in [1.82, 2.24) is 10.2 Å². The monoisotopic (exact) mass is 317 g/mol. The minimum absolute atomic E-state index is 0.0259. The number of amides is 1. The standard InChI is InChI=1S/C18H27N3O2/c1-14-17(19-9-13-23-14)18(22)20-16-6-4-15(5-7-16)8-12-21-10-2-3-11-21/h4-7,14,17,19H,2-3,8-13H2,1H3,(H,20,22)/t14-,17+/m1/s1. The van der Waals surface area contributed by atoms with Gasteiger partial charge in [-0.25, -0.2) is 0 Å². The topological polar surface area (TPSA) is 53.6 Å². The number of carbonyl (C=O) groups is 1. The molecule has 5 nitrogen and oxygen atoms in total. The van der Waals surface area contributed by atoms with E-state index >= 15 is 0 Å². The molecular formula is C18H27N3O2. The average Bonchev–Trinajstić information content (AvgIpc) is 3.08. The Balaban J connectivity index is 1.49. The predicted molar refractivity (Wildman–Crippen MR) is 91.7 cm³/mol. The Labute approximate surface area is 138 Å². The summed E-state index contributed by atoms with van der Waals surface area (Å²) in [6, 6.07) is 7.93. The van der Waals surface area contributed by atoms with Crippen LogP contribution < -0.4 is 10.6 Å². The van der Waals surface area contributed by atoms with Gasteiger partial charge >= 0.3 is 0 Å². The van der Waals surface area contributed by atoms with E-state index in [0.29, 0.717) is 6.61 Å². The maximum Gasteiger partial charge on any atom is 0.244 e. The number of carbonyl (C=O) groups excluding carboxylic acids is 1. The number of benzene rings is 1. The van der Waals surface area contributed by atoms with Gasteiger partial charge in [0.2, 0.25) is 5.91 Å². The molecule has 2 aliphatic heterocycles. The molecular weight excluding hydrogens is 290 g/mol. The highest BCUT2D eigenvalue weighted by Gasteiger charge is 2.28. The first-order valence-electron chi connectivity index (χ1n) is 8.69. The van der Waals surface area contributed by atoms with E-state index in [2.05, 4.69) is 27.7 Å². The lowest BCUT2D eigenvalue weighted by Crippen LogP contribution is -2.53. The van der Waals surface area contributed by atoms with Crippen LogP contribution in [0.1, 0.15) is 25.3 Å². The highest BCUT2D eigenvalue weighted by molar-refractivity contribution is 5.95. The van der Waals surface area contributed by atoms with Gasteiger partial charge in [-0.1, -0.05) is 12.1 Å². The molecule has 23 heavy (non-hydrogen) atoms. The first-order chi connectivity index (χ1) is 11.2. The van der Waals surface area contributed by atoms with Crippen LogP contribution in [0.2, 0.25) is 0 Å². The van der Waals surface area contributed by atoms with Crippen molar-refractivity contribution in [2.75, 3.05) is 38.1 Å². The average molecular weight is 317 g/mol. The van der Waals surface area contributed by atoms with Crippen molar-refractivity contribution in [3.05, 3.63) is 29.8 Å². The molecule has 2 fully saturated rings. The molecule has 2 atom stereocenters. The normalized spacial score (nSPS) is 25.4. The van der Waals surface area contributed by atoms with Gasteiger partial charge in [-0.15, -0.1) is 0 Å². The number of ether oxygens (including phenoxy) is 1. The molecule has 0 aliphatic carbocycles. The van der Waals surface area contributed by atoms with Crippen molar-refractivity contribution in [3.8, 4) is 0 Å². The second-order valence-corrected chi connectivity index (χ2v) is 6.49. The first-order valence-corrected chi connectivity index (χ1v) is 8.69. The van der Waals surface area contributed by atoms with E-state index < -0.39 is 0 Å². The van der Waals surface area contributed by atoms with Crippen molar-refractivity contribution in [2.24, 2.45) is 0 Å². The summed E-state index contributed by atoms with van der Waals surface area (Å²) in [7, 11) is 0. The molecule has 126 valence electrons. The number of rotatable bonds is 5. The summed E-state index contributed by atoms with van der Waals surface area (Å²) in [5, 5.41) is 6.18. The smallest absolute Gasteiger partial charge is 0.244 e. The van der Waals surface area contributed by atoms with Gasteiger partial charge in [-0.3, -0.25) is 4.79 Å². The summed E-state index contributed by atoms with van der Waals surface area (Å²) in [4.78, 5) is 14.8. The van der Waals surface area contributed by atoms with Crippen molar-refractivity contribution >= 4 is 11.6 Å². The van der Waals surface area contributed by atoms with Crippen LogP contribution in [0.25, 0.3) is 0 Å². The Kier molecular flexibility index (Phi) is 5.65. The molecule has 2 heterocycles. The highest BCUT2D eigenvalue weighted by atomic mass is 16.5. The summed E-state index contributed by atoms with van der Waals surface area (Å²) in [5.74, 6) is -0.0259. The molecule has 0 bridgehead atoms. The Morgan fingerprint density at radius 1 is 1.30 bits per heavy atom. The maximum absolute atomic E-state index is 12.3. The molecule has 0 unspecified atom stereocenters. The van der Waals surface area contributed by atoms with E-state index in [1.807, 2.05) is 19.1 Å². The van der Waals surface area contributed by atoms with Crippen molar-refractivity contribution < 1.29 is 9.53 Å². The molecule has 2 aliphatic rings. The molecule has 0 radical (unpaired) electrons. The van der Waals surface area contributed by atoms with Crippen LogP contribution in [0.15, 0.2) is 24.3 Å². The van der Waals surface area contributed by atoms with Gasteiger partial charge in [-0.05, 0) is 57.0 Å². The third kappa shape index (κ3) is 4.53. The number of morpholine rings is 1. The Morgan fingerprint density at radius 3 is 2.74 bits per heavy atom. The fourth-order valence-electron chi connectivity index (χ4n) is 3.30. The fourth-order valence-corrected chi connectivity index (χ4v) is 3.30. The lowest BCUT2D eigenvalue weighted by atomic mass is 10.1. The minimum Gasteiger partial charge on any atom is -0.375 e. The second kappa shape index (κ2) is 7.90. The Morgan fingerprint density at radius 2 is 2.04 bits per heavy atom. The number of anilines is 1. The molecule has 1 amide bonds. The van der Waals surface area contributed by atoms with Crippen LogP contribution >= 0.6 is 0 Å². The molecule has 5 heteroatoms. The van der Waals surface area contributed by atoms with Crippen LogP contribution in [0.5, 0.6) is 0 Å². The maximum atomic E-state index is 12.3. The van der Waals surface area contributed by atoms with E-state index in [4.69, 9.17) is 4.74 Å². The van der Waals surface area contributed by atoms with E-state index in [-0.39, 0.29) is 18.1 Å². The second-order valence-electron chi connectivity index (χ2n) is 6.49. The molecule has 2 N–H and O–H groups in total. The Hall–Kier alpha value is -1.43. The third-order valence-electron chi connectivity index (χ3n) is 4.74. The summed E-state index contributed by atoms with van der Waals surface area (Å²) >= 11 is 0. The van der Waals surface area contributed by atoms with Gasteiger partial charge in [0, 0.05) is 18.8 Å². The van der Waals surface area contributed by atoms with Gasteiger partial charge in [-0.2, -0.15) is 0 Å². The third-order valence-corrected chi connectivity index (χ3v) is 4.74. The molecule has 0 saturated carbocycles.